The second kappa shape index (κ2) is 8.31. The number of nitrogens with one attached hydrogen (secondary N) is 1. The predicted octanol–water partition coefficient (Wildman–Crippen LogP) is 3.51. The van der Waals surface area contributed by atoms with Crippen LogP contribution in [0, 0.1) is 20.8 Å². The molecule has 0 spiro atoms. The van der Waals surface area contributed by atoms with Crippen LogP contribution in [0.5, 0.6) is 0 Å². The van der Waals surface area contributed by atoms with E-state index in [4.69, 9.17) is 9.15 Å². The molecule has 0 fully saturated rings. The summed E-state index contributed by atoms with van der Waals surface area (Å²) in [6.45, 7) is 8.45. The molecule has 0 atom stereocenters. The molecule has 6 nitrogen and oxygen atoms in total. The van der Waals surface area contributed by atoms with Gasteiger partial charge in [-0.15, -0.1) is 11.3 Å². The van der Waals surface area contributed by atoms with Gasteiger partial charge in [0.2, 0.25) is 5.91 Å². The summed E-state index contributed by atoms with van der Waals surface area (Å²) >= 11 is 1.39. The van der Waals surface area contributed by atoms with Gasteiger partial charge in [0.25, 0.3) is 0 Å². The third-order valence-corrected chi connectivity index (χ3v) is 4.88. The second-order valence-electron chi connectivity index (χ2n) is 5.94. The van der Waals surface area contributed by atoms with E-state index in [0.717, 1.165) is 22.0 Å². The van der Waals surface area contributed by atoms with Crippen molar-refractivity contribution in [2.45, 2.75) is 34.2 Å². The molecule has 2 aromatic heterocycles. The number of nitrogens with zero attached hydrogens (tertiary/aromatic N) is 1. The minimum absolute atomic E-state index is 0.183. The van der Waals surface area contributed by atoms with Crippen molar-refractivity contribution in [3.63, 3.8) is 0 Å². The Kier molecular flexibility index (Phi) is 6.39. The van der Waals surface area contributed by atoms with E-state index in [1.54, 1.807) is 6.92 Å². The molecule has 0 aliphatic rings. The first-order valence-corrected chi connectivity index (χ1v) is 8.94. The van der Waals surface area contributed by atoms with Crippen LogP contribution in [0.4, 0.5) is 5.00 Å². The van der Waals surface area contributed by atoms with Gasteiger partial charge in [-0.3, -0.25) is 9.69 Å². The summed E-state index contributed by atoms with van der Waals surface area (Å²) in [5.74, 6) is 1.07. The van der Waals surface area contributed by atoms with Crippen LogP contribution in [0.3, 0.4) is 0 Å². The number of hydrogen-bond acceptors (Lipinski definition) is 6. The molecule has 0 unspecified atom stereocenters. The van der Waals surface area contributed by atoms with Gasteiger partial charge in [0.05, 0.1) is 25.3 Å². The first-order valence-electron chi connectivity index (χ1n) is 8.12. The van der Waals surface area contributed by atoms with E-state index in [1.807, 2.05) is 44.9 Å². The summed E-state index contributed by atoms with van der Waals surface area (Å²) in [6.07, 6.45) is 0. The third kappa shape index (κ3) is 4.93. The highest BCUT2D eigenvalue weighted by molar-refractivity contribution is 7.16. The summed E-state index contributed by atoms with van der Waals surface area (Å²) in [5.41, 5.74) is 1.29. The summed E-state index contributed by atoms with van der Waals surface area (Å²) in [4.78, 5) is 27.3. The zero-order chi connectivity index (χ0) is 18.6. The maximum Gasteiger partial charge on any atom is 0.341 e. The summed E-state index contributed by atoms with van der Waals surface area (Å²) in [5, 5.41) is 3.38. The number of hydrogen-bond donors (Lipinski definition) is 1. The Hall–Kier alpha value is -2.12. The van der Waals surface area contributed by atoms with Crippen molar-refractivity contribution < 1.29 is 18.7 Å². The Morgan fingerprint density at radius 2 is 2.00 bits per heavy atom. The molecule has 7 heteroatoms. The largest absolute Gasteiger partial charge is 0.465 e. The highest BCUT2D eigenvalue weighted by Gasteiger charge is 2.22. The zero-order valence-corrected chi connectivity index (χ0v) is 16.1. The predicted molar refractivity (Wildman–Crippen MR) is 98.2 cm³/mol. The fraction of sp³-hybridized carbons (Fsp3) is 0.444. The van der Waals surface area contributed by atoms with Crippen molar-refractivity contribution in [2.75, 3.05) is 25.5 Å². The van der Waals surface area contributed by atoms with Gasteiger partial charge >= 0.3 is 5.97 Å². The topological polar surface area (TPSA) is 71.8 Å². The number of rotatable bonds is 7. The van der Waals surface area contributed by atoms with Gasteiger partial charge in [-0.1, -0.05) is 0 Å². The van der Waals surface area contributed by atoms with Crippen LogP contribution < -0.4 is 5.32 Å². The van der Waals surface area contributed by atoms with E-state index < -0.39 is 5.97 Å². The molecule has 2 aromatic rings. The van der Waals surface area contributed by atoms with Crippen LogP contribution in [-0.2, 0) is 16.1 Å². The molecule has 136 valence electrons. The Labute approximate surface area is 151 Å². The van der Waals surface area contributed by atoms with E-state index in [2.05, 4.69) is 5.32 Å². The minimum Gasteiger partial charge on any atom is -0.465 e. The van der Waals surface area contributed by atoms with Crippen LogP contribution in [0.25, 0.3) is 0 Å². The van der Waals surface area contributed by atoms with E-state index in [1.165, 1.54) is 11.3 Å². The maximum absolute atomic E-state index is 12.3. The second-order valence-corrected chi connectivity index (χ2v) is 7.17. The van der Waals surface area contributed by atoms with Crippen molar-refractivity contribution in [3.8, 4) is 0 Å². The number of furan rings is 1. The fourth-order valence-corrected chi connectivity index (χ4v) is 3.53. The zero-order valence-electron chi connectivity index (χ0n) is 15.3. The number of carbonyl (C=O) groups excluding carboxylic acids is 2. The first-order chi connectivity index (χ1) is 11.8. The average molecular weight is 364 g/mol. The van der Waals surface area contributed by atoms with Crippen LogP contribution in [0.2, 0.25) is 0 Å². The highest BCUT2D eigenvalue weighted by Crippen LogP contribution is 2.33. The normalized spacial score (nSPS) is 11.0. The van der Waals surface area contributed by atoms with Gasteiger partial charge in [-0.25, -0.2) is 4.79 Å². The average Bonchev–Trinajstić information content (AvgIpc) is 3.03. The number of amides is 1. The SMILES string of the molecule is CCOC(=O)c1c(NC(=O)CN(C)Cc2ccc(C)o2)sc(C)c1C. The van der Waals surface area contributed by atoms with Gasteiger partial charge < -0.3 is 14.5 Å². The van der Waals surface area contributed by atoms with Gasteiger partial charge in [-0.05, 0) is 52.4 Å². The lowest BCUT2D eigenvalue weighted by molar-refractivity contribution is -0.117. The molecule has 2 heterocycles. The van der Waals surface area contributed by atoms with Crippen molar-refractivity contribution >= 4 is 28.2 Å². The van der Waals surface area contributed by atoms with Crippen molar-refractivity contribution in [1.82, 2.24) is 4.90 Å². The Balaban J connectivity index is 2.02. The number of likely N-dealkylation sites (N-methyl/N-ethyl adjacent to an activating group) is 1. The molecule has 1 N–H and O–H groups in total. The number of aryl methyl sites for hydroxylation is 2. The quantitative estimate of drug-likeness (QED) is 0.761. The van der Waals surface area contributed by atoms with Crippen molar-refractivity contribution in [3.05, 3.63) is 39.7 Å². The summed E-state index contributed by atoms with van der Waals surface area (Å²) in [7, 11) is 1.84. The monoisotopic (exact) mass is 364 g/mol. The van der Waals surface area contributed by atoms with Crippen LogP contribution >= 0.6 is 11.3 Å². The molecule has 0 saturated carbocycles. The molecule has 0 saturated heterocycles. The molecule has 0 aromatic carbocycles. The van der Waals surface area contributed by atoms with E-state index in [-0.39, 0.29) is 12.5 Å². The Morgan fingerprint density at radius 1 is 1.28 bits per heavy atom. The van der Waals surface area contributed by atoms with Gasteiger partial charge in [0.1, 0.15) is 16.5 Å². The number of carbonyl (C=O) groups is 2. The third-order valence-electron chi connectivity index (χ3n) is 3.75. The number of thiophene rings is 1. The summed E-state index contributed by atoms with van der Waals surface area (Å²) in [6, 6.07) is 3.79. The van der Waals surface area contributed by atoms with Crippen LogP contribution in [-0.4, -0.2) is 37.0 Å². The first kappa shape index (κ1) is 19.2. The smallest absolute Gasteiger partial charge is 0.341 e. The van der Waals surface area contributed by atoms with E-state index in [9.17, 15) is 9.59 Å². The standard InChI is InChI=1S/C18H24N2O4S/c1-6-23-18(22)16-12(3)13(4)25-17(16)19-15(21)10-20(5)9-14-8-7-11(2)24-14/h7-8H,6,9-10H2,1-5H3,(H,19,21). The lowest BCUT2D eigenvalue weighted by Crippen LogP contribution is -2.30. The highest BCUT2D eigenvalue weighted by atomic mass is 32.1. The number of esters is 1. The number of anilines is 1. The molecular weight excluding hydrogens is 340 g/mol. The molecule has 25 heavy (non-hydrogen) atoms. The minimum atomic E-state index is -0.404. The molecule has 2 rings (SSSR count). The van der Waals surface area contributed by atoms with Gasteiger partial charge in [0, 0.05) is 4.88 Å². The van der Waals surface area contributed by atoms with Crippen molar-refractivity contribution in [2.24, 2.45) is 0 Å². The van der Waals surface area contributed by atoms with E-state index >= 15 is 0 Å². The molecular formula is C18H24N2O4S. The van der Waals surface area contributed by atoms with Gasteiger partial charge in [-0.2, -0.15) is 0 Å². The lowest BCUT2D eigenvalue weighted by atomic mass is 10.1. The molecule has 1 amide bonds. The summed E-state index contributed by atoms with van der Waals surface area (Å²) < 4.78 is 10.6. The van der Waals surface area contributed by atoms with Crippen LogP contribution in [0.15, 0.2) is 16.5 Å². The van der Waals surface area contributed by atoms with Crippen LogP contribution in [0.1, 0.15) is 39.2 Å². The molecule has 0 radical (unpaired) electrons. The fourth-order valence-electron chi connectivity index (χ4n) is 2.47. The molecule has 0 aliphatic heterocycles. The van der Waals surface area contributed by atoms with Crippen molar-refractivity contribution in [1.29, 1.82) is 0 Å². The lowest BCUT2D eigenvalue weighted by Gasteiger charge is -2.15. The Morgan fingerprint density at radius 3 is 2.60 bits per heavy atom. The maximum atomic E-state index is 12.3. The Bertz CT molecular complexity index is 763. The molecule has 0 bridgehead atoms. The van der Waals surface area contributed by atoms with Gasteiger partial charge in [0.15, 0.2) is 0 Å². The number of ether oxygens (including phenoxy) is 1. The molecule has 0 aliphatic carbocycles. The van der Waals surface area contributed by atoms with E-state index in [0.29, 0.717) is 23.7 Å².